The summed E-state index contributed by atoms with van der Waals surface area (Å²) < 4.78 is 5.16. The number of fused-ring (bicyclic) bond motifs is 11. The zero-order chi connectivity index (χ0) is 37.8. The summed E-state index contributed by atoms with van der Waals surface area (Å²) in [6.45, 7) is 9.78. The van der Waals surface area contributed by atoms with E-state index in [2.05, 4.69) is 207 Å². The van der Waals surface area contributed by atoms with Gasteiger partial charge in [0.2, 0.25) is 0 Å². The van der Waals surface area contributed by atoms with Crippen LogP contribution in [0.4, 0.5) is 0 Å². The van der Waals surface area contributed by atoms with Crippen molar-refractivity contribution >= 4 is 54.4 Å². The number of hydrogen-bond acceptors (Lipinski definition) is 0. The van der Waals surface area contributed by atoms with E-state index in [4.69, 9.17) is 0 Å². The largest absolute Gasteiger partial charge is 0.307 e. The van der Waals surface area contributed by atoms with Crippen LogP contribution in [-0.4, -0.2) is 9.13 Å². The summed E-state index contributed by atoms with van der Waals surface area (Å²) in [6.07, 6.45) is 2.35. The Morgan fingerprint density at radius 1 is 0.357 bits per heavy atom. The lowest BCUT2D eigenvalue weighted by molar-refractivity contribution is 0.332. The topological polar surface area (TPSA) is 9.86 Å². The molecule has 0 saturated heterocycles. The minimum Gasteiger partial charge on any atom is -0.307 e. The first-order valence-corrected chi connectivity index (χ1v) is 20.1. The van der Waals surface area contributed by atoms with Gasteiger partial charge in [-0.1, -0.05) is 149 Å². The van der Waals surface area contributed by atoms with E-state index in [1.165, 1.54) is 106 Å². The van der Waals surface area contributed by atoms with Crippen molar-refractivity contribution < 1.29 is 0 Å². The van der Waals surface area contributed by atoms with E-state index in [9.17, 15) is 0 Å². The minimum absolute atomic E-state index is 0.0784. The van der Waals surface area contributed by atoms with Gasteiger partial charge >= 0.3 is 0 Å². The van der Waals surface area contributed by atoms with Gasteiger partial charge in [0, 0.05) is 32.9 Å². The van der Waals surface area contributed by atoms with Crippen molar-refractivity contribution in [2.24, 2.45) is 0 Å². The molecule has 0 saturated carbocycles. The van der Waals surface area contributed by atoms with Gasteiger partial charge in [-0.25, -0.2) is 0 Å². The first kappa shape index (κ1) is 33.0. The summed E-state index contributed by atoms with van der Waals surface area (Å²) in [5.74, 6) is 0. The molecule has 0 amide bonds. The van der Waals surface area contributed by atoms with Gasteiger partial charge in [0.15, 0.2) is 0 Å². The molecule has 270 valence electrons. The molecule has 0 fully saturated rings. The lowest BCUT2D eigenvalue weighted by Crippen LogP contribution is -2.33. The zero-order valence-electron chi connectivity index (χ0n) is 32.5. The molecule has 0 atom stereocenters. The predicted octanol–water partition coefficient (Wildman–Crippen LogP) is 14.7. The zero-order valence-corrected chi connectivity index (χ0v) is 32.5. The molecule has 0 aliphatic heterocycles. The van der Waals surface area contributed by atoms with E-state index in [1.54, 1.807) is 0 Å². The van der Waals surface area contributed by atoms with Crippen LogP contribution in [0.3, 0.4) is 0 Å². The van der Waals surface area contributed by atoms with Gasteiger partial charge in [-0.15, -0.1) is 0 Å². The van der Waals surface area contributed by atoms with Crippen molar-refractivity contribution in [2.45, 2.75) is 51.4 Å². The fourth-order valence-corrected chi connectivity index (χ4v) is 9.95. The molecule has 8 aromatic carbocycles. The summed E-state index contributed by atoms with van der Waals surface area (Å²) in [5, 5.41) is 7.79. The molecule has 2 aromatic heterocycles. The van der Waals surface area contributed by atoms with Gasteiger partial charge in [-0.3, -0.25) is 0 Å². The van der Waals surface area contributed by atoms with Gasteiger partial charge in [-0.2, -0.15) is 0 Å². The summed E-state index contributed by atoms with van der Waals surface area (Å²) in [6, 6.07) is 63.2. The van der Waals surface area contributed by atoms with Crippen molar-refractivity contribution in [3.05, 3.63) is 181 Å². The van der Waals surface area contributed by atoms with Crippen LogP contribution in [0.1, 0.15) is 51.7 Å². The molecule has 2 heteroatoms. The van der Waals surface area contributed by atoms with Gasteiger partial charge in [0.25, 0.3) is 0 Å². The standard InChI is InChI=1S/C54H44N2/c1-53(2)28-29-54(3,4)46-34-48-44(33-45(46)53)50-42-25-15-14-24-41(42)49-43-26-16-17-27-47(43)56(51(49)52(50)55(48)39-22-12-7-13-23-39)40-31-37(35-18-8-5-9-19-35)30-38(32-40)36-20-10-6-11-21-36/h5-27,30-34H,28-29H2,1-4H3. The van der Waals surface area contributed by atoms with Crippen molar-refractivity contribution in [3.63, 3.8) is 0 Å². The van der Waals surface area contributed by atoms with E-state index in [0.717, 1.165) is 5.69 Å². The number of nitrogens with zero attached hydrogens (tertiary/aromatic N) is 2. The molecule has 1 aliphatic rings. The monoisotopic (exact) mass is 720 g/mol. The van der Waals surface area contributed by atoms with Crippen LogP contribution in [0.5, 0.6) is 0 Å². The predicted molar refractivity (Wildman–Crippen MR) is 239 cm³/mol. The number of hydrogen-bond donors (Lipinski definition) is 0. The highest BCUT2D eigenvalue weighted by atomic mass is 15.0. The maximum Gasteiger partial charge on any atom is 0.0795 e. The van der Waals surface area contributed by atoms with Crippen LogP contribution in [0.15, 0.2) is 170 Å². The lowest BCUT2D eigenvalue weighted by atomic mass is 9.63. The van der Waals surface area contributed by atoms with Crippen LogP contribution in [-0.2, 0) is 10.8 Å². The van der Waals surface area contributed by atoms with Crippen molar-refractivity contribution in [3.8, 4) is 33.6 Å². The van der Waals surface area contributed by atoms with Crippen LogP contribution in [0.25, 0.3) is 88.0 Å². The van der Waals surface area contributed by atoms with Crippen LogP contribution in [0, 0.1) is 0 Å². The number of benzene rings is 8. The quantitative estimate of drug-likeness (QED) is 0.171. The average molecular weight is 721 g/mol. The van der Waals surface area contributed by atoms with E-state index in [0.29, 0.717) is 0 Å². The van der Waals surface area contributed by atoms with E-state index >= 15 is 0 Å². The Hall–Kier alpha value is -6.38. The second kappa shape index (κ2) is 12.1. The average Bonchev–Trinajstić information content (AvgIpc) is 3.77. The molecule has 2 nitrogen and oxygen atoms in total. The molecule has 11 rings (SSSR count). The summed E-state index contributed by atoms with van der Waals surface area (Å²) in [5.41, 5.74) is 15.2. The van der Waals surface area contributed by atoms with Crippen LogP contribution in [0.2, 0.25) is 0 Å². The van der Waals surface area contributed by atoms with Gasteiger partial charge in [-0.05, 0) is 116 Å². The minimum atomic E-state index is 0.0784. The highest BCUT2D eigenvalue weighted by molar-refractivity contribution is 6.36. The molecule has 0 N–H and O–H groups in total. The third kappa shape index (κ3) is 4.81. The fraction of sp³-hybridized carbons (Fsp3) is 0.148. The van der Waals surface area contributed by atoms with E-state index < -0.39 is 0 Å². The third-order valence-corrected chi connectivity index (χ3v) is 12.9. The van der Waals surface area contributed by atoms with Gasteiger partial charge in [0.05, 0.1) is 22.1 Å². The SMILES string of the molecule is CC1(C)CCC(C)(C)c2cc3c(cc21)c1c2ccccc2c2c4ccccc4n(-c4cc(-c5ccccc5)cc(-c5ccccc5)c4)c2c1n3-c1ccccc1. The maximum atomic E-state index is 2.59. The Kier molecular flexibility index (Phi) is 7.11. The second-order valence-electron chi connectivity index (χ2n) is 17.2. The Balaban J connectivity index is 1.40. The Morgan fingerprint density at radius 3 is 1.38 bits per heavy atom. The molecule has 0 radical (unpaired) electrons. The molecular formula is C54H44N2. The first-order valence-electron chi connectivity index (χ1n) is 20.1. The number of rotatable bonds is 4. The molecule has 1 aliphatic carbocycles. The fourth-order valence-electron chi connectivity index (χ4n) is 9.95. The molecule has 56 heavy (non-hydrogen) atoms. The van der Waals surface area contributed by atoms with E-state index in [1.807, 2.05) is 0 Å². The molecule has 0 unspecified atom stereocenters. The third-order valence-electron chi connectivity index (χ3n) is 12.9. The Morgan fingerprint density at radius 2 is 0.804 bits per heavy atom. The van der Waals surface area contributed by atoms with Crippen LogP contribution < -0.4 is 0 Å². The van der Waals surface area contributed by atoms with Crippen molar-refractivity contribution in [1.82, 2.24) is 9.13 Å². The second-order valence-corrected chi connectivity index (χ2v) is 17.2. The van der Waals surface area contributed by atoms with Gasteiger partial charge in [0.1, 0.15) is 0 Å². The normalized spacial score (nSPS) is 14.9. The summed E-state index contributed by atoms with van der Waals surface area (Å²) in [4.78, 5) is 0. The highest BCUT2D eigenvalue weighted by Gasteiger charge is 2.38. The molecular weight excluding hydrogens is 677 g/mol. The molecule has 0 spiro atoms. The van der Waals surface area contributed by atoms with Gasteiger partial charge < -0.3 is 9.13 Å². The highest BCUT2D eigenvalue weighted by Crippen LogP contribution is 2.51. The first-order chi connectivity index (χ1) is 27.3. The Labute approximate surface area is 328 Å². The smallest absolute Gasteiger partial charge is 0.0795 e. The number of para-hydroxylation sites is 2. The van der Waals surface area contributed by atoms with Crippen molar-refractivity contribution in [1.29, 1.82) is 0 Å². The molecule has 10 aromatic rings. The summed E-state index contributed by atoms with van der Waals surface area (Å²) in [7, 11) is 0. The summed E-state index contributed by atoms with van der Waals surface area (Å²) >= 11 is 0. The van der Waals surface area contributed by atoms with Crippen molar-refractivity contribution in [2.75, 3.05) is 0 Å². The lowest BCUT2D eigenvalue weighted by Gasteiger charge is -2.42. The van der Waals surface area contributed by atoms with E-state index in [-0.39, 0.29) is 10.8 Å². The number of aromatic nitrogens is 2. The molecule has 2 heterocycles. The Bertz CT molecular complexity index is 3100. The maximum absolute atomic E-state index is 2.59. The molecule has 0 bridgehead atoms. The van der Waals surface area contributed by atoms with Crippen LogP contribution >= 0.6 is 0 Å².